The molecule has 1 aromatic rings. The molecule has 1 N–H and O–H groups in total. The van der Waals surface area contributed by atoms with Gasteiger partial charge in [-0.25, -0.2) is 9.97 Å². The molecule has 1 heterocycles. The van der Waals surface area contributed by atoms with Crippen LogP contribution in [0.2, 0.25) is 0 Å². The number of ether oxygens (including phenoxy) is 2. The van der Waals surface area contributed by atoms with Gasteiger partial charge in [-0.15, -0.1) is 0 Å². The second-order valence-corrected chi connectivity index (χ2v) is 5.43. The summed E-state index contributed by atoms with van der Waals surface area (Å²) >= 11 is 3.50. The van der Waals surface area contributed by atoms with Crippen molar-refractivity contribution >= 4 is 21.7 Å². The predicted octanol–water partition coefficient (Wildman–Crippen LogP) is 3.01. The second kappa shape index (κ2) is 7.05. The first-order valence-electron chi connectivity index (χ1n) is 6.68. The van der Waals surface area contributed by atoms with Gasteiger partial charge in [-0.05, 0) is 42.1 Å². The smallest absolute Gasteiger partial charge is 0.233 e. The van der Waals surface area contributed by atoms with Gasteiger partial charge in [-0.2, -0.15) is 0 Å². The van der Waals surface area contributed by atoms with Crippen molar-refractivity contribution in [3.63, 3.8) is 0 Å². The van der Waals surface area contributed by atoms with Crippen LogP contribution in [0.4, 0.5) is 5.82 Å². The molecule has 0 spiro atoms. The minimum atomic E-state index is 0.166. The first-order valence-corrected chi connectivity index (χ1v) is 7.47. The van der Waals surface area contributed by atoms with Crippen LogP contribution in [0.5, 0.6) is 5.88 Å². The van der Waals surface area contributed by atoms with Gasteiger partial charge in [0, 0.05) is 20.1 Å². The van der Waals surface area contributed by atoms with E-state index in [1.54, 1.807) is 7.11 Å². The quantitative estimate of drug-likeness (QED) is 0.899. The molecule has 6 heteroatoms. The lowest BCUT2D eigenvalue weighted by Crippen LogP contribution is -2.29. The van der Waals surface area contributed by atoms with Gasteiger partial charge >= 0.3 is 0 Å². The maximum Gasteiger partial charge on any atom is 0.233 e. The minimum absolute atomic E-state index is 0.166. The molecule has 19 heavy (non-hydrogen) atoms. The van der Waals surface area contributed by atoms with Crippen molar-refractivity contribution in [1.29, 1.82) is 0 Å². The van der Waals surface area contributed by atoms with Gasteiger partial charge in [0.25, 0.3) is 0 Å². The molecule has 1 fully saturated rings. The Bertz CT molecular complexity index is 417. The van der Waals surface area contributed by atoms with Crippen LogP contribution in [-0.2, 0) is 4.74 Å². The summed E-state index contributed by atoms with van der Waals surface area (Å²) in [5.41, 5.74) is 0. The van der Waals surface area contributed by atoms with Crippen LogP contribution in [-0.4, -0.2) is 35.8 Å². The Morgan fingerprint density at radius 3 is 2.89 bits per heavy atom. The lowest BCUT2D eigenvalue weighted by molar-refractivity contribution is 0.0192. The minimum Gasteiger partial charge on any atom is -0.473 e. The highest BCUT2D eigenvalue weighted by molar-refractivity contribution is 9.10. The molecule has 0 amide bonds. The maximum atomic E-state index is 5.99. The summed E-state index contributed by atoms with van der Waals surface area (Å²) in [6.07, 6.45) is 6.20. The third kappa shape index (κ3) is 3.79. The predicted molar refractivity (Wildman–Crippen MR) is 77.6 cm³/mol. The number of halogens is 1. The van der Waals surface area contributed by atoms with E-state index in [1.807, 2.05) is 6.92 Å². The number of rotatable bonds is 5. The normalized spacial score (nSPS) is 23.1. The zero-order valence-electron chi connectivity index (χ0n) is 11.4. The summed E-state index contributed by atoms with van der Waals surface area (Å²) < 4.78 is 12.2. The molecule has 5 nitrogen and oxygen atoms in total. The van der Waals surface area contributed by atoms with Gasteiger partial charge in [0.05, 0.1) is 6.10 Å². The standard InChI is InChI=1S/C13H20BrN3O2/c1-3-15-12-11(14)13(17-8-16-12)19-10-6-4-5-9(7-10)18-2/h8-10H,3-7H2,1-2H3,(H,15,16,17). The Morgan fingerprint density at radius 1 is 1.37 bits per heavy atom. The molecule has 0 bridgehead atoms. The lowest BCUT2D eigenvalue weighted by Gasteiger charge is -2.28. The molecule has 106 valence electrons. The molecule has 1 aliphatic rings. The molecule has 0 saturated heterocycles. The number of anilines is 1. The van der Waals surface area contributed by atoms with Crippen LogP contribution in [0, 0.1) is 0 Å². The van der Waals surface area contributed by atoms with Crippen molar-refractivity contribution in [2.24, 2.45) is 0 Å². The van der Waals surface area contributed by atoms with E-state index in [2.05, 4.69) is 31.2 Å². The Hall–Kier alpha value is -0.880. The number of aromatic nitrogens is 2. The zero-order chi connectivity index (χ0) is 13.7. The molecule has 0 aliphatic heterocycles. The van der Waals surface area contributed by atoms with Gasteiger partial charge in [-0.1, -0.05) is 0 Å². The fourth-order valence-electron chi connectivity index (χ4n) is 2.31. The number of hydrogen-bond donors (Lipinski definition) is 1. The molecule has 1 aliphatic carbocycles. The molecular weight excluding hydrogens is 310 g/mol. The average molecular weight is 330 g/mol. The van der Waals surface area contributed by atoms with Crippen LogP contribution in [0.3, 0.4) is 0 Å². The van der Waals surface area contributed by atoms with E-state index >= 15 is 0 Å². The van der Waals surface area contributed by atoms with Crippen LogP contribution in [0.1, 0.15) is 32.6 Å². The van der Waals surface area contributed by atoms with E-state index in [-0.39, 0.29) is 6.10 Å². The highest BCUT2D eigenvalue weighted by Crippen LogP contribution is 2.31. The van der Waals surface area contributed by atoms with E-state index in [0.29, 0.717) is 12.0 Å². The van der Waals surface area contributed by atoms with Crippen LogP contribution < -0.4 is 10.1 Å². The van der Waals surface area contributed by atoms with Gasteiger partial charge in [0.1, 0.15) is 22.7 Å². The highest BCUT2D eigenvalue weighted by atomic mass is 79.9. The summed E-state index contributed by atoms with van der Waals surface area (Å²) in [5.74, 6) is 1.37. The highest BCUT2D eigenvalue weighted by Gasteiger charge is 2.24. The monoisotopic (exact) mass is 329 g/mol. The zero-order valence-corrected chi connectivity index (χ0v) is 12.9. The molecule has 2 rings (SSSR count). The van der Waals surface area contributed by atoms with E-state index < -0.39 is 0 Å². The number of nitrogens with one attached hydrogen (secondary N) is 1. The summed E-state index contributed by atoms with van der Waals surface area (Å²) in [6, 6.07) is 0. The third-order valence-corrected chi connectivity index (χ3v) is 4.01. The van der Waals surface area contributed by atoms with E-state index in [1.165, 1.54) is 6.33 Å². The Labute approximate surface area is 122 Å². The number of hydrogen-bond acceptors (Lipinski definition) is 5. The maximum absolute atomic E-state index is 5.99. The Balaban J connectivity index is 2.04. The molecule has 1 saturated carbocycles. The van der Waals surface area contributed by atoms with Gasteiger partial charge in [-0.3, -0.25) is 0 Å². The van der Waals surface area contributed by atoms with Crippen molar-refractivity contribution in [2.45, 2.75) is 44.8 Å². The van der Waals surface area contributed by atoms with Gasteiger partial charge in [0.15, 0.2) is 0 Å². The SMILES string of the molecule is CCNc1ncnc(OC2CCCC(OC)C2)c1Br. The van der Waals surface area contributed by atoms with Gasteiger partial charge < -0.3 is 14.8 Å². The van der Waals surface area contributed by atoms with Crippen LogP contribution >= 0.6 is 15.9 Å². The molecule has 0 radical (unpaired) electrons. The summed E-state index contributed by atoms with van der Waals surface area (Å²) in [7, 11) is 1.76. The molecule has 0 aromatic carbocycles. The van der Waals surface area contributed by atoms with Crippen LogP contribution in [0.25, 0.3) is 0 Å². The fourth-order valence-corrected chi connectivity index (χ4v) is 2.75. The van der Waals surface area contributed by atoms with Gasteiger partial charge in [0.2, 0.25) is 5.88 Å². The third-order valence-electron chi connectivity index (χ3n) is 3.29. The largest absolute Gasteiger partial charge is 0.473 e. The fraction of sp³-hybridized carbons (Fsp3) is 0.692. The topological polar surface area (TPSA) is 56.3 Å². The van der Waals surface area contributed by atoms with Crippen LogP contribution in [0.15, 0.2) is 10.8 Å². The molecule has 2 unspecified atom stereocenters. The van der Waals surface area contributed by atoms with Crippen molar-refractivity contribution in [3.8, 4) is 5.88 Å². The van der Waals surface area contributed by atoms with E-state index in [0.717, 1.165) is 42.5 Å². The van der Waals surface area contributed by atoms with Crippen molar-refractivity contribution in [3.05, 3.63) is 10.8 Å². The van der Waals surface area contributed by atoms with Crippen molar-refractivity contribution in [2.75, 3.05) is 19.0 Å². The van der Waals surface area contributed by atoms with E-state index in [4.69, 9.17) is 9.47 Å². The summed E-state index contributed by atoms with van der Waals surface area (Å²) in [5, 5.41) is 3.17. The lowest BCUT2D eigenvalue weighted by atomic mass is 9.95. The van der Waals surface area contributed by atoms with Crippen molar-refractivity contribution < 1.29 is 9.47 Å². The molecular formula is C13H20BrN3O2. The Morgan fingerprint density at radius 2 is 2.16 bits per heavy atom. The summed E-state index contributed by atoms with van der Waals surface area (Å²) in [4.78, 5) is 8.38. The first-order chi connectivity index (χ1) is 9.24. The Kier molecular flexibility index (Phi) is 5.39. The average Bonchev–Trinajstić information content (AvgIpc) is 2.44. The molecule has 2 atom stereocenters. The van der Waals surface area contributed by atoms with Crippen molar-refractivity contribution in [1.82, 2.24) is 9.97 Å². The van der Waals surface area contributed by atoms with E-state index in [9.17, 15) is 0 Å². The molecule has 1 aromatic heterocycles. The first kappa shape index (κ1) is 14.5. The number of methoxy groups -OCH3 is 1. The number of nitrogens with zero attached hydrogens (tertiary/aromatic N) is 2. The second-order valence-electron chi connectivity index (χ2n) is 4.64. The summed E-state index contributed by atoms with van der Waals surface area (Å²) in [6.45, 7) is 2.84.